The fraction of sp³-hybridized carbons (Fsp3) is 0.556. The van der Waals surface area contributed by atoms with E-state index in [0.717, 1.165) is 38.4 Å². The summed E-state index contributed by atoms with van der Waals surface area (Å²) in [4.78, 5) is 27.3. The average Bonchev–Trinajstić information content (AvgIpc) is 3.09. The first-order chi connectivity index (χ1) is 13.3. The molecular formula is C18H23F3N4O3. The Hall–Kier alpha value is -2.33. The number of carbonyl (C=O) groups is 2. The normalized spacial score (nSPS) is 17.7. The largest absolute Gasteiger partial charge is 0.493 e. The summed E-state index contributed by atoms with van der Waals surface area (Å²) < 4.78 is 41.6. The molecule has 3 amide bonds. The predicted molar refractivity (Wildman–Crippen MR) is 95.0 cm³/mol. The van der Waals surface area contributed by atoms with Crippen molar-refractivity contribution in [1.29, 1.82) is 0 Å². The topological polar surface area (TPSA) is 73.9 Å². The molecule has 0 spiro atoms. The van der Waals surface area contributed by atoms with Crippen molar-refractivity contribution in [1.82, 2.24) is 20.4 Å². The van der Waals surface area contributed by atoms with Crippen LogP contribution in [0.2, 0.25) is 0 Å². The number of hydrogen-bond donors (Lipinski definition) is 2. The van der Waals surface area contributed by atoms with E-state index in [1.165, 1.54) is 11.1 Å². The van der Waals surface area contributed by atoms with Crippen molar-refractivity contribution in [2.75, 3.05) is 45.9 Å². The van der Waals surface area contributed by atoms with Gasteiger partial charge < -0.3 is 10.1 Å². The summed E-state index contributed by atoms with van der Waals surface area (Å²) in [5.41, 5.74) is 2.45. The van der Waals surface area contributed by atoms with Gasteiger partial charge in [0.25, 0.3) is 0 Å². The first-order valence-corrected chi connectivity index (χ1v) is 9.12. The lowest BCUT2D eigenvalue weighted by molar-refractivity contribution is -0.125. The number of benzene rings is 1. The van der Waals surface area contributed by atoms with Crippen LogP contribution in [0.3, 0.4) is 0 Å². The average molecular weight is 400 g/mol. The summed E-state index contributed by atoms with van der Waals surface area (Å²) >= 11 is 0. The van der Waals surface area contributed by atoms with E-state index in [0.29, 0.717) is 13.1 Å². The van der Waals surface area contributed by atoms with Gasteiger partial charge >= 0.3 is 12.2 Å². The summed E-state index contributed by atoms with van der Waals surface area (Å²) in [6, 6.07) is 5.09. The zero-order valence-corrected chi connectivity index (χ0v) is 15.3. The third-order valence-electron chi connectivity index (χ3n) is 4.69. The minimum absolute atomic E-state index is 0.0243. The van der Waals surface area contributed by atoms with Crippen LogP contribution in [0.4, 0.5) is 18.0 Å². The van der Waals surface area contributed by atoms with Gasteiger partial charge in [0, 0.05) is 39.1 Å². The molecule has 3 rings (SSSR count). The van der Waals surface area contributed by atoms with Crippen LogP contribution >= 0.6 is 0 Å². The van der Waals surface area contributed by atoms with E-state index in [9.17, 15) is 22.8 Å². The number of hydrogen-bond acceptors (Lipinski definition) is 5. The van der Waals surface area contributed by atoms with Crippen molar-refractivity contribution in [3.63, 3.8) is 0 Å². The molecule has 2 aliphatic rings. The van der Waals surface area contributed by atoms with E-state index in [1.54, 1.807) is 5.32 Å². The summed E-state index contributed by atoms with van der Waals surface area (Å²) in [5, 5.41) is 3.53. The molecule has 1 aromatic carbocycles. The molecule has 1 saturated heterocycles. The van der Waals surface area contributed by atoms with Gasteiger partial charge in [-0.25, -0.2) is 4.79 Å². The molecule has 0 saturated carbocycles. The Kier molecular flexibility index (Phi) is 6.40. The van der Waals surface area contributed by atoms with E-state index in [4.69, 9.17) is 4.74 Å². The highest BCUT2D eigenvalue weighted by Gasteiger charge is 2.28. The summed E-state index contributed by atoms with van der Waals surface area (Å²) in [6.45, 7) is 2.86. The molecule has 154 valence electrons. The third kappa shape index (κ3) is 6.10. The molecule has 1 fully saturated rings. The Bertz CT molecular complexity index is 719. The van der Waals surface area contributed by atoms with Crippen LogP contribution in [0.15, 0.2) is 18.2 Å². The molecular weight excluding hydrogens is 377 g/mol. The predicted octanol–water partition coefficient (Wildman–Crippen LogP) is 1.13. The first kappa shape index (κ1) is 20.4. The van der Waals surface area contributed by atoms with E-state index in [1.807, 2.05) is 16.3 Å². The van der Waals surface area contributed by atoms with Gasteiger partial charge in [-0.3, -0.25) is 19.9 Å². The molecule has 0 unspecified atom stereocenters. The van der Waals surface area contributed by atoms with Crippen molar-refractivity contribution in [3.8, 4) is 5.75 Å². The third-order valence-corrected chi connectivity index (χ3v) is 4.69. The molecule has 2 N–H and O–H groups in total. The fourth-order valence-corrected chi connectivity index (χ4v) is 3.30. The smallest absolute Gasteiger partial charge is 0.405 e. The molecule has 10 heteroatoms. The zero-order chi connectivity index (χ0) is 20.1. The maximum atomic E-state index is 12.0. The molecule has 0 radical (unpaired) electrons. The Balaban J connectivity index is 1.37. The van der Waals surface area contributed by atoms with E-state index < -0.39 is 24.7 Å². The lowest BCUT2D eigenvalue weighted by atomic mass is 10.1. The number of carbonyl (C=O) groups excluding carboxylic acids is 2. The van der Waals surface area contributed by atoms with Crippen molar-refractivity contribution in [3.05, 3.63) is 29.3 Å². The summed E-state index contributed by atoms with van der Waals surface area (Å²) in [7, 11) is 0. The lowest BCUT2D eigenvalue weighted by Gasteiger charge is -2.34. The summed E-state index contributed by atoms with van der Waals surface area (Å²) in [5.74, 6) is 0.339. The highest BCUT2D eigenvalue weighted by atomic mass is 19.4. The maximum Gasteiger partial charge on any atom is 0.405 e. The Morgan fingerprint density at radius 1 is 1.11 bits per heavy atom. The SMILES string of the molecule is O=C(CN1CCN(Cc2ccc3c(c2)CCO3)CC1)NC(=O)NCC(F)(F)F. The molecule has 0 bridgehead atoms. The van der Waals surface area contributed by atoms with Crippen LogP contribution in [-0.4, -0.2) is 73.8 Å². The molecule has 0 aromatic heterocycles. The number of alkyl halides is 3. The van der Waals surface area contributed by atoms with Crippen LogP contribution in [0.25, 0.3) is 0 Å². The number of rotatable bonds is 5. The second-order valence-electron chi connectivity index (χ2n) is 6.94. The molecule has 2 heterocycles. The van der Waals surface area contributed by atoms with E-state index >= 15 is 0 Å². The van der Waals surface area contributed by atoms with Crippen molar-refractivity contribution in [2.45, 2.75) is 19.1 Å². The Morgan fingerprint density at radius 2 is 1.82 bits per heavy atom. The maximum absolute atomic E-state index is 12.0. The number of nitrogens with one attached hydrogen (secondary N) is 2. The van der Waals surface area contributed by atoms with E-state index in [2.05, 4.69) is 17.0 Å². The zero-order valence-electron chi connectivity index (χ0n) is 15.3. The van der Waals surface area contributed by atoms with Crippen LogP contribution < -0.4 is 15.4 Å². The number of piperazine rings is 1. The highest BCUT2D eigenvalue weighted by molar-refractivity contribution is 5.95. The molecule has 28 heavy (non-hydrogen) atoms. The van der Waals surface area contributed by atoms with Crippen LogP contribution in [-0.2, 0) is 17.8 Å². The van der Waals surface area contributed by atoms with Gasteiger partial charge in [0.15, 0.2) is 0 Å². The van der Waals surface area contributed by atoms with Gasteiger partial charge in [0.2, 0.25) is 5.91 Å². The Labute approximate surface area is 160 Å². The van der Waals surface area contributed by atoms with Crippen LogP contribution in [0.1, 0.15) is 11.1 Å². The van der Waals surface area contributed by atoms with Gasteiger partial charge in [0.1, 0.15) is 12.3 Å². The second-order valence-corrected chi connectivity index (χ2v) is 6.94. The van der Waals surface area contributed by atoms with Crippen LogP contribution in [0, 0.1) is 0 Å². The first-order valence-electron chi connectivity index (χ1n) is 9.12. The molecule has 0 aliphatic carbocycles. The van der Waals surface area contributed by atoms with E-state index in [-0.39, 0.29) is 6.54 Å². The fourth-order valence-electron chi connectivity index (χ4n) is 3.30. The number of amides is 3. The minimum atomic E-state index is -4.51. The molecule has 0 atom stereocenters. The number of imide groups is 1. The summed E-state index contributed by atoms with van der Waals surface area (Å²) in [6.07, 6.45) is -3.58. The van der Waals surface area contributed by atoms with Crippen molar-refractivity contribution < 1.29 is 27.5 Å². The van der Waals surface area contributed by atoms with Crippen LogP contribution in [0.5, 0.6) is 5.75 Å². The van der Waals surface area contributed by atoms with Crippen molar-refractivity contribution in [2.24, 2.45) is 0 Å². The Morgan fingerprint density at radius 3 is 2.54 bits per heavy atom. The lowest BCUT2D eigenvalue weighted by Crippen LogP contribution is -2.51. The monoisotopic (exact) mass is 400 g/mol. The number of ether oxygens (including phenoxy) is 1. The second kappa shape index (κ2) is 8.78. The van der Waals surface area contributed by atoms with Gasteiger partial charge in [-0.05, 0) is 17.2 Å². The standard InChI is InChI=1S/C18H23F3N4O3/c19-18(20,21)12-22-17(27)23-16(26)11-25-6-4-24(5-7-25)10-13-1-2-15-14(9-13)3-8-28-15/h1-2,9H,3-8,10-12H2,(H2,22,23,26,27). The molecule has 2 aliphatic heterocycles. The van der Waals surface area contributed by atoms with Gasteiger partial charge in [-0.2, -0.15) is 13.2 Å². The van der Waals surface area contributed by atoms with Gasteiger partial charge in [0.05, 0.1) is 13.2 Å². The highest BCUT2D eigenvalue weighted by Crippen LogP contribution is 2.26. The number of nitrogens with zero attached hydrogens (tertiary/aromatic N) is 2. The minimum Gasteiger partial charge on any atom is -0.493 e. The quantitative estimate of drug-likeness (QED) is 0.775. The van der Waals surface area contributed by atoms with Gasteiger partial charge in [-0.1, -0.05) is 12.1 Å². The van der Waals surface area contributed by atoms with Crippen molar-refractivity contribution >= 4 is 11.9 Å². The number of fused-ring (bicyclic) bond motifs is 1. The number of urea groups is 1. The number of halogens is 3. The molecule has 1 aromatic rings. The van der Waals surface area contributed by atoms with Gasteiger partial charge in [-0.15, -0.1) is 0 Å². The molecule has 7 nitrogen and oxygen atoms in total.